The number of fused-ring (bicyclic) bond motifs is 1. The Morgan fingerprint density at radius 2 is 1.78 bits per heavy atom. The molecule has 2 saturated carbocycles. The lowest BCUT2D eigenvalue weighted by Gasteiger charge is -2.26. The van der Waals surface area contributed by atoms with E-state index in [1.54, 1.807) is 14.2 Å². The van der Waals surface area contributed by atoms with Gasteiger partial charge in [-0.1, -0.05) is 24.6 Å². The van der Waals surface area contributed by atoms with Gasteiger partial charge in [-0.25, -0.2) is 4.79 Å². The van der Waals surface area contributed by atoms with E-state index in [-0.39, 0.29) is 11.8 Å². The van der Waals surface area contributed by atoms with Crippen LogP contribution in [0.5, 0.6) is 17.2 Å². The van der Waals surface area contributed by atoms with Crippen molar-refractivity contribution in [3.8, 4) is 28.4 Å². The van der Waals surface area contributed by atoms with Crippen molar-refractivity contribution in [2.24, 2.45) is 5.92 Å². The van der Waals surface area contributed by atoms with Crippen molar-refractivity contribution in [3.63, 3.8) is 0 Å². The third kappa shape index (κ3) is 3.61. The summed E-state index contributed by atoms with van der Waals surface area (Å²) in [6.07, 6.45) is 5.95. The number of ether oxygens (including phenoxy) is 4. The van der Waals surface area contributed by atoms with E-state index in [1.165, 1.54) is 6.42 Å². The number of ketones is 1. The molecule has 0 bridgehead atoms. The monoisotopic (exact) mass is 436 g/mol. The third-order valence-corrected chi connectivity index (χ3v) is 6.89. The quantitative estimate of drug-likeness (QED) is 0.556. The number of benzene rings is 2. The summed E-state index contributed by atoms with van der Waals surface area (Å²) in [4.78, 5) is 25.0. The van der Waals surface area contributed by atoms with E-state index in [2.05, 4.69) is 0 Å². The van der Waals surface area contributed by atoms with Crippen LogP contribution in [0.4, 0.5) is 0 Å². The second kappa shape index (κ2) is 8.15. The van der Waals surface area contributed by atoms with Crippen LogP contribution in [0.2, 0.25) is 0 Å². The topological polar surface area (TPSA) is 71.1 Å². The first-order chi connectivity index (χ1) is 15.5. The largest absolute Gasteiger partial charge is 0.493 e. The maximum absolute atomic E-state index is 12.9. The normalized spacial score (nSPS) is 18.5. The van der Waals surface area contributed by atoms with Crippen LogP contribution in [0.25, 0.3) is 11.1 Å². The number of rotatable bonds is 8. The maximum Gasteiger partial charge on any atom is 0.350 e. The van der Waals surface area contributed by atoms with Crippen LogP contribution in [0, 0.1) is 5.92 Å². The molecule has 0 aromatic heterocycles. The highest BCUT2D eigenvalue weighted by molar-refractivity contribution is 6.01. The molecule has 3 aliphatic carbocycles. The summed E-state index contributed by atoms with van der Waals surface area (Å²) in [6.45, 7) is 0.463. The lowest BCUT2D eigenvalue weighted by molar-refractivity contribution is -0.156. The van der Waals surface area contributed by atoms with E-state index >= 15 is 0 Å². The Morgan fingerprint density at radius 3 is 2.44 bits per heavy atom. The van der Waals surface area contributed by atoms with Crippen molar-refractivity contribution < 1.29 is 28.5 Å². The Kier molecular flexibility index (Phi) is 5.31. The van der Waals surface area contributed by atoms with Gasteiger partial charge in [0.25, 0.3) is 0 Å². The van der Waals surface area contributed by atoms with E-state index in [1.807, 2.05) is 30.3 Å². The summed E-state index contributed by atoms with van der Waals surface area (Å²) < 4.78 is 23.2. The SMILES string of the molecule is COc1ccc(-c2ccc3c(c2)CCC3=O)c(OC2(C(=O)OCC3CCC3)CC2)c1OC. The zero-order valence-corrected chi connectivity index (χ0v) is 18.6. The average Bonchev–Trinajstić information content (AvgIpc) is 3.47. The summed E-state index contributed by atoms with van der Waals surface area (Å²) >= 11 is 0. The van der Waals surface area contributed by atoms with Crippen LogP contribution in [0.3, 0.4) is 0 Å². The first kappa shape index (κ1) is 20.9. The minimum atomic E-state index is -0.981. The second-order valence-electron chi connectivity index (χ2n) is 8.96. The molecule has 0 unspecified atom stereocenters. The van der Waals surface area contributed by atoms with Gasteiger partial charge in [0.2, 0.25) is 11.4 Å². The van der Waals surface area contributed by atoms with Crippen LogP contribution >= 0.6 is 0 Å². The first-order valence-corrected chi connectivity index (χ1v) is 11.3. The molecule has 168 valence electrons. The van der Waals surface area contributed by atoms with Gasteiger partial charge in [-0.2, -0.15) is 0 Å². The summed E-state index contributed by atoms with van der Waals surface area (Å²) in [6, 6.07) is 9.56. The standard InChI is InChI=1S/C26H28O6/c1-29-22-11-9-20(18-6-8-19-17(14-18)7-10-21(19)27)23(24(22)30-2)32-26(12-13-26)25(28)31-15-16-4-3-5-16/h6,8-9,11,14,16H,3-5,7,10,12-13,15H2,1-2H3. The molecule has 0 heterocycles. The van der Waals surface area contributed by atoms with E-state index < -0.39 is 5.60 Å². The molecule has 2 aromatic carbocycles. The van der Waals surface area contributed by atoms with Gasteiger partial charge in [-0.15, -0.1) is 0 Å². The summed E-state index contributed by atoms with van der Waals surface area (Å²) in [7, 11) is 3.13. The maximum atomic E-state index is 12.9. The van der Waals surface area contributed by atoms with Gasteiger partial charge in [-0.05, 0) is 48.4 Å². The Hall–Kier alpha value is -3.02. The lowest BCUT2D eigenvalue weighted by Crippen LogP contribution is -2.34. The van der Waals surface area contributed by atoms with E-state index in [0.717, 1.165) is 41.5 Å². The third-order valence-electron chi connectivity index (χ3n) is 6.89. The molecular formula is C26H28O6. The fourth-order valence-corrected chi connectivity index (χ4v) is 4.49. The highest BCUT2D eigenvalue weighted by atomic mass is 16.6. The zero-order valence-electron chi connectivity index (χ0n) is 18.6. The van der Waals surface area contributed by atoms with Gasteiger partial charge in [0.15, 0.2) is 17.3 Å². The molecule has 0 saturated heterocycles. The highest BCUT2D eigenvalue weighted by Crippen LogP contribution is 2.51. The van der Waals surface area contributed by atoms with Crippen LogP contribution in [-0.4, -0.2) is 38.2 Å². The molecule has 5 rings (SSSR count). The van der Waals surface area contributed by atoms with Crippen LogP contribution in [0.1, 0.15) is 54.4 Å². The van der Waals surface area contributed by atoms with E-state index in [4.69, 9.17) is 18.9 Å². The first-order valence-electron chi connectivity index (χ1n) is 11.3. The number of hydrogen-bond acceptors (Lipinski definition) is 6. The van der Waals surface area contributed by atoms with Crippen LogP contribution < -0.4 is 14.2 Å². The number of aryl methyl sites for hydroxylation is 1. The molecule has 0 radical (unpaired) electrons. The van der Waals surface area contributed by atoms with E-state index in [0.29, 0.717) is 49.0 Å². The molecule has 0 N–H and O–H groups in total. The smallest absolute Gasteiger partial charge is 0.350 e. The fourth-order valence-electron chi connectivity index (χ4n) is 4.49. The van der Waals surface area contributed by atoms with Gasteiger partial charge in [0, 0.05) is 30.4 Å². The minimum absolute atomic E-state index is 0.182. The number of esters is 1. The molecule has 0 atom stereocenters. The van der Waals surface area contributed by atoms with Crippen molar-refractivity contribution in [1.29, 1.82) is 0 Å². The van der Waals surface area contributed by atoms with Gasteiger partial charge in [-0.3, -0.25) is 4.79 Å². The predicted molar refractivity (Wildman–Crippen MR) is 119 cm³/mol. The number of Topliss-reactive ketones (excluding diaryl/α,β-unsaturated/α-hetero) is 1. The second-order valence-corrected chi connectivity index (χ2v) is 8.96. The molecular weight excluding hydrogens is 408 g/mol. The van der Waals surface area contributed by atoms with Gasteiger partial charge in [0.05, 0.1) is 20.8 Å². The summed E-state index contributed by atoms with van der Waals surface area (Å²) in [5, 5.41) is 0. The van der Waals surface area contributed by atoms with Crippen molar-refractivity contribution >= 4 is 11.8 Å². The van der Waals surface area contributed by atoms with Crippen LogP contribution in [-0.2, 0) is 16.0 Å². The Labute approximate surface area is 187 Å². The number of carbonyl (C=O) groups is 2. The highest BCUT2D eigenvalue weighted by Gasteiger charge is 2.55. The van der Waals surface area contributed by atoms with Crippen molar-refractivity contribution in [1.82, 2.24) is 0 Å². The van der Waals surface area contributed by atoms with Crippen molar-refractivity contribution in [2.75, 3.05) is 20.8 Å². The summed E-state index contributed by atoms with van der Waals surface area (Å²) in [5.74, 6) is 1.79. The Bertz CT molecular complexity index is 1060. The zero-order chi connectivity index (χ0) is 22.3. The number of carbonyl (C=O) groups excluding carboxylic acids is 2. The molecule has 2 aromatic rings. The van der Waals surface area contributed by atoms with E-state index in [9.17, 15) is 9.59 Å². The molecule has 3 aliphatic rings. The molecule has 0 aliphatic heterocycles. The van der Waals surface area contributed by atoms with Gasteiger partial charge >= 0.3 is 5.97 Å². The van der Waals surface area contributed by atoms with Gasteiger partial charge in [0.1, 0.15) is 0 Å². The molecule has 6 nitrogen and oxygen atoms in total. The fraction of sp³-hybridized carbons (Fsp3) is 0.462. The molecule has 6 heteroatoms. The molecule has 0 amide bonds. The number of methoxy groups -OCH3 is 2. The van der Waals surface area contributed by atoms with Gasteiger partial charge < -0.3 is 18.9 Å². The molecule has 2 fully saturated rings. The van der Waals surface area contributed by atoms with Crippen LogP contribution in [0.15, 0.2) is 30.3 Å². The Balaban J connectivity index is 1.49. The molecule has 32 heavy (non-hydrogen) atoms. The molecule has 0 spiro atoms. The summed E-state index contributed by atoms with van der Waals surface area (Å²) in [5.41, 5.74) is 2.55. The van der Waals surface area contributed by atoms with Crippen molar-refractivity contribution in [2.45, 2.75) is 50.5 Å². The average molecular weight is 437 g/mol. The minimum Gasteiger partial charge on any atom is -0.493 e. The lowest BCUT2D eigenvalue weighted by atomic mass is 9.86. The number of hydrogen-bond donors (Lipinski definition) is 0. The van der Waals surface area contributed by atoms with Crippen molar-refractivity contribution in [3.05, 3.63) is 41.5 Å². The predicted octanol–water partition coefficient (Wildman–Crippen LogP) is 4.75. The Morgan fingerprint density at radius 1 is 1.00 bits per heavy atom.